The van der Waals surface area contributed by atoms with Crippen LogP contribution in [0.25, 0.3) is 53.7 Å². The summed E-state index contributed by atoms with van der Waals surface area (Å²) < 4.78 is 5.06. The summed E-state index contributed by atoms with van der Waals surface area (Å²) in [6, 6.07) is 40.1. The van der Waals surface area contributed by atoms with Gasteiger partial charge >= 0.3 is 0 Å². The van der Waals surface area contributed by atoms with Crippen LogP contribution in [0.5, 0.6) is 0 Å². The van der Waals surface area contributed by atoms with E-state index in [1.54, 1.807) is 0 Å². The van der Waals surface area contributed by atoms with Crippen molar-refractivity contribution in [3.05, 3.63) is 126 Å². The number of rotatable bonds is 4. The molecule has 0 radical (unpaired) electrons. The highest BCUT2D eigenvalue weighted by atomic mass is 32.1. The lowest BCUT2D eigenvalue weighted by molar-refractivity contribution is 0.590. The Labute approximate surface area is 258 Å². The van der Waals surface area contributed by atoms with Crippen LogP contribution in [-0.2, 0) is 17.4 Å². The predicted molar refractivity (Wildman–Crippen MR) is 186 cm³/mol. The number of thiophene rings is 1. The number of hydrogen-bond acceptors (Lipinski definition) is 2. The molecule has 0 aliphatic heterocycles. The van der Waals surface area contributed by atoms with E-state index in [1.165, 1.54) is 53.6 Å². The number of nitrogens with zero attached hydrogens (tertiary/aromatic N) is 2. The highest BCUT2D eigenvalue weighted by Gasteiger charge is 2.21. The van der Waals surface area contributed by atoms with E-state index in [9.17, 15) is 0 Å². The van der Waals surface area contributed by atoms with Crippen molar-refractivity contribution in [3.8, 4) is 22.5 Å². The number of imidazole rings is 1. The molecule has 5 aromatic carbocycles. The van der Waals surface area contributed by atoms with Crippen LogP contribution in [0.2, 0.25) is 0 Å². The van der Waals surface area contributed by atoms with Gasteiger partial charge in [0.2, 0.25) is 0 Å². The summed E-state index contributed by atoms with van der Waals surface area (Å²) in [5.41, 5.74) is 10.1. The first kappa shape index (κ1) is 27.6. The maximum Gasteiger partial charge on any atom is 0.142 e. The normalized spacial score (nSPS) is 12.5. The maximum atomic E-state index is 5.29. The summed E-state index contributed by atoms with van der Waals surface area (Å²) in [5, 5.41) is 2.62. The van der Waals surface area contributed by atoms with Crippen LogP contribution in [0.15, 0.2) is 109 Å². The molecule has 0 N–H and O–H groups in total. The maximum absolute atomic E-state index is 5.29. The second kappa shape index (κ2) is 10.2. The lowest BCUT2D eigenvalue weighted by Gasteiger charge is -2.22. The van der Waals surface area contributed by atoms with Crippen LogP contribution in [0.3, 0.4) is 0 Å². The van der Waals surface area contributed by atoms with Gasteiger partial charge in [0.15, 0.2) is 0 Å². The quantitative estimate of drug-likeness (QED) is 0.203. The van der Waals surface area contributed by atoms with Crippen molar-refractivity contribution < 1.29 is 0 Å². The van der Waals surface area contributed by atoms with Gasteiger partial charge in [-0.25, -0.2) is 4.98 Å². The van der Waals surface area contributed by atoms with E-state index in [2.05, 4.69) is 155 Å². The average Bonchev–Trinajstić information content (AvgIpc) is 3.55. The number of aromatic nitrogens is 2. The van der Waals surface area contributed by atoms with Gasteiger partial charge < -0.3 is 4.57 Å². The van der Waals surface area contributed by atoms with Crippen LogP contribution in [0, 0.1) is 0 Å². The molecule has 214 valence electrons. The Balaban J connectivity index is 1.44. The van der Waals surface area contributed by atoms with Crippen LogP contribution in [0.4, 0.5) is 0 Å². The minimum atomic E-state index is 0.0681. The first-order valence-electron chi connectivity index (χ1n) is 15.2. The van der Waals surface area contributed by atoms with Crippen molar-refractivity contribution in [1.82, 2.24) is 9.55 Å². The molecular weight excluding hydrogens is 541 g/mol. The van der Waals surface area contributed by atoms with Gasteiger partial charge in [0.25, 0.3) is 0 Å². The zero-order valence-corrected chi connectivity index (χ0v) is 26.7. The van der Waals surface area contributed by atoms with Crippen molar-refractivity contribution in [2.75, 3.05) is 0 Å². The third kappa shape index (κ3) is 4.96. The van der Waals surface area contributed by atoms with Crippen LogP contribution >= 0.6 is 11.3 Å². The van der Waals surface area contributed by atoms with E-state index in [1.807, 2.05) is 11.3 Å². The molecule has 2 aromatic heterocycles. The zero-order valence-electron chi connectivity index (χ0n) is 25.9. The van der Waals surface area contributed by atoms with E-state index in [0.717, 1.165) is 23.4 Å². The van der Waals surface area contributed by atoms with E-state index in [0.29, 0.717) is 0 Å². The third-order valence-electron chi connectivity index (χ3n) is 8.65. The molecule has 0 unspecified atom stereocenters. The summed E-state index contributed by atoms with van der Waals surface area (Å²) in [5.74, 6) is 1.02. The molecule has 0 aliphatic rings. The van der Waals surface area contributed by atoms with Gasteiger partial charge in [-0.2, -0.15) is 0 Å². The predicted octanol–water partition coefficient (Wildman–Crippen LogP) is 11.4. The van der Waals surface area contributed by atoms with Gasteiger partial charge in [-0.15, -0.1) is 11.3 Å². The SMILES string of the molecule is CC(C)(C)c1ccc(Cn2c(-c3cccc4c3sc3cc(C(C)(C)C)ccc34)nc3ccccc32)c(-c2ccccc2)c1. The van der Waals surface area contributed by atoms with Gasteiger partial charge in [0.1, 0.15) is 5.82 Å². The fraction of sp³-hybridized carbons (Fsp3) is 0.225. The molecule has 3 heteroatoms. The van der Waals surface area contributed by atoms with E-state index < -0.39 is 0 Å². The summed E-state index contributed by atoms with van der Waals surface area (Å²) in [4.78, 5) is 5.29. The summed E-state index contributed by atoms with van der Waals surface area (Å²) in [6.45, 7) is 14.4. The summed E-state index contributed by atoms with van der Waals surface area (Å²) >= 11 is 1.89. The van der Waals surface area contributed by atoms with E-state index >= 15 is 0 Å². The Bertz CT molecular complexity index is 2110. The van der Waals surface area contributed by atoms with Crippen LogP contribution in [0.1, 0.15) is 58.2 Å². The molecule has 43 heavy (non-hydrogen) atoms. The fourth-order valence-corrected chi connectivity index (χ4v) is 7.37. The highest BCUT2D eigenvalue weighted by molar-refractivity contribution is 7.26. The van der Waals surface area contributed by atoms with Gasteiger partial charge in [-0.05, 0) is 62.9 Å². The molecule has 0 saturated carbocycles. The lowest BCUT2D eigenvalue weighted by atomic mass is 9.84. The molecule has 0 spiro atoms. The van der Waals surface area contributed by atoms with Crippen LogP contribution < -0.4 is 0 Å². The van der Waals surface area contributed by atoms with Crippen molar-refractivity contribution in [2.24, 2.45) is 0 Å². The molecule has 0 amide bonds. The number of benzene rings is 5. The first-order valence-corrected chi connectivity index (χ1v) is 16.0. The average molecular weight is 579 g/mol. The molecule has 2 nitrogen and oxygen atoms in total. The van der Waals surface area contributed by atoms with Crippen molar-refractivity contribution in [3.63, 3.8) is 0 Å². The molecule has 0 atom stereocenters. The Morgan fingerprint density at radius 2 is 1.33 bits per heavy atom. The fourth-order valence-electron chi connectivity index (χ4n) is 6.12. The summed E-state index contributed by atoms with van der Waals surface area (Å²) in [6.07, 6.45) is 0. The molecule has 0 saturated heterocycles. The van der Waals surface area contributed by atoms with Crippen molar-refractivity contribution in [1.29, 1.82) is 0 Å². The standard InChI is InChI=1S/C40H38N2S/c1-39(2,3)28-20-19-27(33(23-28)26-13-8-7-9-14-26)25-42-35-18-11-10-17-34(35)41-38(42)32-16-12-15-31-30-22-21-29(40(4,5)6)24-36(30)43-37(31)32/h7-24H,25H2,1-6H3. The Morgan fingerprint density at radius 3 is 2.09 bits per heavy atom. The van der Waals surface area contributed by atoms with E-state index in [-0.39, 0.29) is 10.8 Å². The minimum absolute atomic E-state index is 0.0681. The Hall–Kier alpha value is -4.21. The number of para-hydroxylation sites is 2. The minimum Gasteiger partial charge on any atom is -0.319 e. The second-order valence-corrected chi connectivity index (χ2v) is 14.8. The van der Waals surface area contributed by atoms with Gasteiger partial charge in [0.05, 0.1) is 17.6 Å². The molecular formula is C40H38N2S. The highest BCUT2D eigenvalue weighted by Crippen LogP contribution is 2.42. The van der Waals surface area contributed by atoms with E-state index in [4.69, 9.17) is 4.98 Å². The third-order valence-corrected chi connectivity index (χ3v) is 9.85. The zero-order chi connectivity index (χ0) is 29.9. The molecule has 0 fully saturated rings. The van der Waals surface area contributed by atoms with Gasteiger partial charge in [-0.3, -0.25) is 0 Å². The molecule has 2 heterocycles. The number of fused-ring (bicyclic) bond motifs is 4. The Morgan fingerprint density at radius 1 is 0.628 bits per heavy atom. The molecule has 7 aromatic rings. The van der Waals surface area contributed by atoms with Gasteiger partial charge in [-0.1, -0.05) is 126 Å². The topological polar surface area (TPSA) is 17.8 Å². The first-order chi connectivity index (χ1) is 20.6. The second-order valence-electron chi connectivity index (χ2n) is 13.7. The Kier molecular flexibility index (Phi) is 6.55. The monoisotopic (exact) mass is 578 g/mol. The molecule has 7 rings (SSSR count). The smallest absolute Gasteiger partial charge is 0.142 e. The van der Waals surface area contributed by atoms with Crippen LogP contribution in [-0.4, -0.2) is 9.55 Å². The number of hydrogen-bond donors (Lipinski definition) is 0. The lowest BCUT2D eigenvalue weighted by Crippen LogP contribution is -2.12. The molecule has 0 aliphatic carbocycles. The summed E-state index contributed by atoms with van der Waals surface area (Å²) in [7, 11) is 0. The largest absolute Gasteiger partial charge is 0.319 e. The van der Waals surface area contributed by atoms with Crippen molar-refractivity contribution >= 4 is 42.5 Å². The molecule has 0 bridgehead atoms. The van der Waals surface area contributed by atoms with Crippen molar-refractivity contribution in [2.45, 2.75) is 58.9 Å². The van der Waals surface area contributed by atoms with Gasteiger partial charge in [0, 0.05) is 25.7 Å².